The zero-order valence-electron chi connectivity index (χ0n) is 11.7. The summed E-state index contributed by atoms with van der Waals surface area (Å²) in [6, 6.07) is 13.6. The van der Waals surface area contributed by atoms with Gasteiger partial charge in [0.2, 0.25) is 0 Å². The molecule has 0 spiro atoms. The van der Waals surface area contributed by atoms with Gasteiger partial charge in [-0.1, -0.05) is 18.2 Å². The van der Waals surface area contributed by atoms with Crippen LogP contribution in [-0.4, -0.2) is 31.3 Å². The molecular weight excluding hydrogens is 270 g/mol. The van der Waals surface area contributed by atoms with Gasteiger partial charge >= 0.3 is 0 Å². The average Bonchev–Trinajstić information content (AvgIpc) is 2.52. The van der Waals surface area contributed by atoms with Crippen molar-refractivity contribution in [1.29, 1.82) is 0 Å². The molecule has 2 rings (SSSR count). The number of amides is 1. The highest BCUT2D eigenvalue weighted by atomic mass is 16.5. The number of carbonyl (C=O) groups excluding carboxylic acids is 1. The number of methoxy groups -OCH3 is 1. The summed E-state index contributed by atoms with van der Waals surface area (Å²) in [5.41, 5.74) is 0.249. The molecule has 0 unspecified atom stereocenters. The molecule has 0 aliphatic heterocycles. The quantitative estimate of drug-likeness (QED) is 0.799. The Labute approximate surface area is 123 Å². The molecule has 21 heavy (non-hydrogen) atoms. The topological polar surface area (TPSA) is 67.8 Å². The maximum Gasteiger partial charge on any atom is 0.255 e. The molecule has 0 heterocycles. The molecule has 2 N–H and O–H groups in total. The maximum atomic E-state index is 11.8. The van der Waals surface area contributed by atoms with Gasteiger partial charge in [-0.25, -0.2) is 0 Å². The van der Waals surface area contributed by atoms with E-state index in [1.54, 1.807) is 31.4 Å². The van der Waals surface area contributed by atoms with E-state index in [4.69, 9.17) is 9.47 Å². The predicted octanol–water partition coefficient (Wildman–Crippen LogP) is 2.21. The van der Waals surface area contributed by atoms with Crippen LogP contribution in [0.1, 0.15) is 10.4 Å². The number of phenolic OH excluding ortho intramolecular Hbond substituents is 1. The van der Waals surface area contributed by atoms with Crippen LogP contribution in [-0.2, 0) is 0 Å². The van der Waals surface area contributed by atoms with Crippen LogP contribution < -0.4 is 14.8 Å². The van der Waals surface area contributed by atoms with E-state index in [0.29, 0.717) is 24.7 Å². The van der Waals surface area contributed by atoms with E-state index in [1.807, 2.05) is 18.2 Å². The number of aromatic hydroxyl groups is 1. The molecule has 0 aromatic heterocycles. The monoisotopic (exact) mass is 287 g/mol. The van der Waals surface area contributed by atoms with Crippen molar-refractivity contribution in [3.63, 3.8) is 0 Å². The van der Waals surface area contributed by atoms with Crippen molar-refractivity contribution >= 4 is 5.91 Å². The standard InChI is InChI=1S/C16H17NO4/c1-20-12-5-4-6-13(11-12)21-10-9-17-16(19)14-7-2-3-8-15(14)18/h2-8,11,18H,9-10H2,1H3,(H,17,19). The van der Waals surface area contributed by atoms with Crippen molar-refractivity contribution < 1.29 is 19.4 Å². The molecule has 0 bridgehead atoms. The molecule has 0 radical (unpaired) electrons. The summed E-state index contributed by atoms with van der Waals surface area (Å²) >= 11 is 0. The molecule has 110 valence electrons. The number of para-hydroxylation sites is 1. The zero-order valence-corrected chi connectivity index (χ0v) is 11.7. The highest BCUT2D eigenvalue weighted by Gasteiger charge is 2.09. The maximum absolute atomic E-state index is 11.8. The Hall–Kier alpha value is -2.69. The van der Waals surface area contributed by atoms with Crippen LogP contribution in [0, 0.1) is 0 Å². The van der Waals surface area contributed by atoms with Crippen molar-refractivity contribution in [2.24, 2.45) is 0 Å². The molecular formula is C16H17NO4. The third kappa shape index (κ3) is 4.14. The lowest BCUT2D eigenvalue weighted by molar-refractivity contribution is 0.0944. The second-order valence-electron chi connectivity index (χ2n) is 4.30. The van der Waals surface area contributed by atoms with E-state index >= 15 is 0 Å². The third-order valence-corrected chi connectivity index (χ3v) is 2.85. The number of nitrogens with one attached hydrogen (secondary N) is 1. The Morgan fingerprint density at radius 3 is 2.67 bits per heavy atom. The van der Waals surface area contributed by atoms with E-state index in [2.05, 4.69) is 5.32 Å². The second-order valence-corrected chi connectivity index (χ2v) is 4.30. The van der Waals surface area contributed by atoms with Crippen molar-refractivity contribution in [2.45, 2.75) is 0 Å². The molecule has 2 aromatic rings. The first-order valence-electron chi connectivity index (χ1n) is 6.54. The summed E-state index contributed by atoms with van der Waals surface area (Å²) in [6.45, 7) is 0.664. The van der Waals surface area contributed by atoms with Gasteiger partial charge in [0.15, 0.2) is 0 Å². The molecule has 0 aliphatic rings. The van der Waals surface area contributed by atoms with Crippen LogP contribution in [0.4, 0.5) is 0 Å². The molecule has 1 amide bonds. The van der Waals surface area contributed by atoms with Crippen LogP contribution in [0.5, 0.6) is 17.2 Å². The minimum Gasteiger partial charge on any atom is -0.507 e. The van der Waals surface area contributed by atoms with Gasteiger partial charge in [-0.15, -0.1) is 0 Å². The number of hydrogen-bond acceptors (Lipinski definition) is 4. The minimum absolute atomic E-state index is 0.0382. The van der Waals surface area contributed by atoms with Crippen LogP contribution in [0.15, 0.2) is 48.5 Å². The first-order valence-corrected chi connectivity index (χ1v) is 6.54. The van der Waals surface area contributed by atoms with Gasteiger partial charge in [0.1, 0.15) is 23.9 Å². The fraction of sp³-hybridized carbons (Fsp3) is 0.188. The fourth-order valence-corrected chi connectivity index (χ4v) is 1.79. The Bertz CT molecular complexity index is 613. The highest BCUT2D eigenvalue weighted by molar-refractivity contribution is 5.96. The van der Waals surface area contributed by atoms with Crippen molar-refractivity contribution in [2.75, 3.05) is 20.3 Å². The fourth-order valence-electron chi connectivity index (χ4n) is 1.79. The third-order valence-electron chi connectivity index (χ3n) is 2.85. The molecule has 5 heteroatoms. The molecule has 0 saturated heterocycles. The number of carbonyl (C=O) groups is 1. The summed E-state index contributed by atoms with van der Waals surface area (Å²) in [7, 11) is 1.59. The molecule has 0 saturated carbocycles. The summed E-state index contributed by atoms with van der Waals surface area (Å²) in [6.07, 6.45) is 0. The van der Waals surface area contributed by atoms with Crippen molar-refractivity contribution in [3.8, 4) is 17.2 Å². The lowest BCUT2D eigenvalue weighted by Crippen LogP contribution is -2.28. The second kappa shape index (κ2) is 7.19. The number of ether oxygens (including phenoxy) is 2. The Morgan fingerprint density at radius 2 is 1.90 bits per heavy atom. The smallest absolute Gasteiger partial charge is 0.255 e. The lowest BCUT2D eigenvalue weighted by Gasteiger charge is -2.09. The lowest BCUT2D eigenvalue weighted by atomic mass is 10.2. The van der Waals surface area contributed by atoms with E-state index in [9.17, 15) is 9.90 Å². The van der Waals surface area contributed by atoms with Crippen LogP contribution >= 0.6 is 0 Å². The van der Waals surface area contributed by atoms with Gasteiger partial charge in [0.25, 0.3) is 5.91 Å². The summed E-state index contributed by atoms with van der Waals surface area (Å²) in [5, 5.41) is 12.3. The molecule has 0 aliphatic carbocycles. The summed E-state index contributed by atoms with van der Waals surface area (Å²) in [4.78, 5) is 11.8. The Morgan fingerprint density at radius 1 is 1.14 bits per heavy atom. The van der Waals surface area contributed by atoms with E-state index < -0.39 is 0 Å². The van der Waals surface area contributed by atoms with Crippen LogP contribution in [0.2, 0.25) is 0 Å². The van der Waals surface area contributed by atoms with Gasteiger partial charge in [-0.3, -0.25) is 4.79 Å². The number of hydrogen-bond donors (Lipinski definition) is 2. The molecule has 0 atom stereocenters. The van der Waals surface area contributed by atoms with E-state index in [-0.39, 0.29) is 17.2 Å². The molecule has 0 fully saturated rings. The van der Waals surface area contributed by atoms with Crippen molar-refractivity contribution in [3.05, 3.63) is 54.1 Å². The van der Waals surface area contributed by atoms with Gasteiger partial charge < -0.3 is 19.9 Å². The highest BCUT2D eigenvalue weighted by Crippen LogP contribution is 2.18. The van der Waals surface area contributed by atoms with Crippen LogP contribution in [0.3, 0.4) is 0 Å². The Balaban J connectivity index is 1.79. The first-order chi connectivity index (χ1) is 10.2. The molecule has 5 nitrogen and oxygen atoms in total. The van der Waals surface area contributed by atoms with E-state index in [0.717, 1.165) is 0 Å². The van der Waals surface area contributed by atoms with Crippen molar-refractivity contribution in [1.82, 2.24) is 5.32 Å². The van der Waals surface area contributed by atoms with Gasteiger partial charge in [-0.05, 0) is 24.3 Å². The van der Waals surface area contributed by atoms with E-state index in [1.165, 1.54) is 6.07 Å². The minimum atomic E-state index is -0.331. The number of phenols is 1. The predicted molar refractivity (Wildman–Crippen MR) is 78.9 cm³/mol. The van der Waals surface area contributed by atoms with Gasteiger partial charge in [0.05, 0.1) is 19.2 Å². The Kier molecular flexibility index (Phi) is 5.04. The summed E-state index contributed by atoms with van der Waals surface area (Å²) in [5.74, 6) is 1.02. The number of rotatable bonds is 6. The molecule has 2 aromatic carbocycles. The van der Waals surface area contributed by atoms with Gasteiger partial charge in [0, 0.05) is 6.07 Å². The zero-order chi connectivity index (χ0) is 15.1. The van der Waals surface area contributed by atoms with Crippen LogP contribution in [0.25, 0.3) is 0 Å². The average molecular weight is 287 g/mol. The van der Waals surface area contributed by atoms with Gasteiger partial charge in [-0.2, -0.15) is 0 Å². The normalized spacial score (nSPS) is 9.95. The SMILES string of the molecule is COc1cccc(OCCNC(=O)c2ccccc2O)c1. The summed E-state index contributed by atoms with van der Waals surface area (Å²) < 4.78 is 10.6. The largest absolute Gasteiger partial charge is 0.507 e. The first kappa shape index (κ1) is 14.7. The number of benzene rings is 2.